The van der Waals surface area contributed by atoms with Gasteiger partial charge in [-0.15, -0.1) is 0 Å². The number of ether oxygens (including phenoxy) is 3. The van der Waals surface area contributed by atoms with Crippen molar-refractivity contribution in [2.75, 3.05) is 20.3 Å². The lowest BCUT2D eigenvalue weighted by atomic mass is 9.75. The number of hydrogen-bond donors (Lipinski definition) is 0. The maximum Gasteiger partial charge on any atom is 0.339 e. The van der Waals surface area contributed by atoms with Crippen molar-refractivity contribution < 1.29 is 19.0 Å². The molecular formula is C18H24O4. The molecule has 0 saturated heterocycles. The molecule has 1 fully saturated rings. The van der Waals surface area contributed by atoms with Crippen molar-refractivity contribution in [1.82, 2.24) is 0 Å². The molecule has 1 saturated carbocycles. The van der Waals surface area contributed by atoms with Crippen LogP contribution in [0, 0.1) is 0 Å². The number of carbonyl (C=O) groups excluding carboxylic acids is 1. The zero-order valence-electron chi connectivity index (χ0n) is 13.4. The Balaban J connectivity index is 2.03. The van der Waals surface area contributed by atoms with Crippen LogP contribution in [0.3, 0.4) is 0 Å². The molecule has 0 bridgehead atoms. The molecule has 0 N–H and O–H groups in total. The maximum absolute atomic E-state index is 12.3. The van der Waals surface area contributed by atoms with E-state index in [0.29, 0.717) is 25.7 Å². The number of hydrogen-bond acceptors (Lipinski definition) is 4. The van der Waals surface area contributed by atoms with Crippen LogP contribution in [0.25, 0.3) is 0 Å². The van der Waals surface area contributed by atoms with Crippen molar-refractivity contribution in [1.29, 1.82) is 0 Å². The Morgan fingerprint density at radius 1 is 1.36 bits per heavy atom. The van der Waals surface area contributed by atoms with E-state index in [0.717, 1.165) is 17.5 Å². The first kappa shape index (κ1) is 15.5. The van der Waals surface area contributed by atoms with E-state index in [1.54, 1.807) is 7.11 Å². The summed E-state index contributed by atoms with van der Waals surface area (Å²) in [5, 5.41) is 0. The fourth-order valence-electron chi connectivity index (χ4n) is 3.48. The first-order valence-corrected chi connectivity index (χ1v) is 8.18. The second-order valence-corrected chi connectivity index (χ2v) is 6.02. The first-order valence-electron chi connectivity index (χ1n) is 8.18. The second kappa shape index (κ2) is 6.80. The summed E-state index contributed by atoms with van der Waals surface area (Å²) in [5.41, 5.74) is 4.73. The van der Waals surface area contributed by atoms with Gasteiger partial charge in [0.05, 0.1) is 19.8 Å². The Hall–Kier alpha value is -1.39. The van der Waals surface area contributed by atoms with Gasteiger partial charge in [-0.25, -0.2) is 4.79 Å². The van der Waals surface area contributed by atoms with E-state index in [9.17, 15) is 4.79 Å². The molecule has 0 aromatic heterocycles. The van der Waals surface area contributed by atoms with Gasteiger partial charge >= 0.3 is 5.97 Å². The van der Waals surface area contributed by atoms with Gasteiger partial charge in [-0.1, -0.05) is 18.6 Å². The van der Waals surface area contributed by atoms with E-state index in [4.69, 9.17) is 14.2 Å². The van der Waals surface area contributed by atoms with E-state index in [-0.39, 0.29) is 5.97 Å². The fraction of sp³-hybridized carbons (Fsp3) is 0.611. The van der Waals surface area contributed by atoms with E-state index in [2.05, 4.69) is 12.1 Å². The normalized spacial score (nSPS) is 21.1. The monoisotopic (exact) mass is 304 g/mol. The van der Waals surface area contributed by atoms with Crippen LogP contribution in [0.1, 0.15) is 60.5 Å². The second-order valence-electron chi connectivity index (χ2n) is 6.02. The minimum Gasteiger partial charge on any atom is -0.464 e. The highest BCUT2D eigenvalue weighted by molar-refractivity contribution is 5.78. The predicted molar refractivity (Wildman–Crippen MR) is 82.8 cm³/mol. The average molecular weight is 304 g/mol. The molecule has 2 aliphatic rings. The standard InChI is InChI=1S/C18H24O4/c1-3-21-18(19)17-16-13(11-20-2)7-8-14(12-5-4-6-12)15(16)9-10-22-17/h7-8,12,17H,3-6,9-11H2,1-2H3/t17-/m0/s1. The molecule has 1 aliphatic heterocycles. The van der Waals surface area contributed by atoms with Gasteiger partial charge in [-0.2, -0.15) is 0 Å². The number of methoxy groups -OCH3 is 1. The molecule has 0 spiro atoms. The Kier molecular flexibility index (Phi) is 4.79. The van der Waals surface area contributed by atoms with E-state index in [1.165, 1.54) is 30.4 Å². The molecule has 1 heterocycles. The van der Waals surface area contributed by atoms with Crippen LogP contribution in [0.4, 0.5) is 0 Å². The van der Waals surface area contributed by atoms with E-state index in [1.807, 2.05) is 6.92 Å². The van der Waals surface area contributed by atoms with Crippen LogP contribution < -0.4 is 0 Å². The topological polar surface area (TPSA) is 44.8 Å². The molecule has 0 radical (unpaired) electrons. The van der Waals surface area contributed by atoms with Gasteiger partial charge in [0.2, 0.25) is 0 Å². The van der Waals surface area contributed by atoms with Crippen molar-refractivity contribution in [3.8, 4) is 0 Å². The van der Waals surface area contributed by atoms with Crippen LogP contribution in [-0.4, -0.2) is 26.3 Å². The van der Waals surface area contributed by atoms with Gasteiger partial charge in [0.15, 0.2) is 6.10 Å². The van der Waals surface area contributed by atoms with Gasteiger partial charge in [-0.05, 0) is 48.8 Å². The summed E-state index contributed by atoms with van der Waals surface area (Å²) in [5.74, 6) is 0.359. The third-order valence-corrected chi connectivity index (χ3v) is 4.73. The lowest BCUT2D eigenvalue weighted by molar-refractivity contribution is -0.158. The number of benzene rings is 1. The zero-order valence-corrected chi connectivity index (χ0v) is 13.4. The molecule has 0 amide bonds. The molecular weight excluding hydrogens is 280 g/mol. The van der Waals surface area contributed by atoms with Crippen LogP contribution in [0.2, 0.25) is 0 Å². The van der Waals surface area contributed by atoms with Gasteiger partial charge in [0, 0.05) is 12.7 Å². The number of fused-ring (bicyclic) bond motifs is 1. The molecule has 22 heavy (non-hydrogen) atoms. The average Bonchev–Trinajstić information content (AvgIpc) is 2.47. The minimum atomic E-state index is -0.603. The Labute approximate surface area is 131 Å². The highest BCUT2D eigenvalue weighted by atomic mass is 16.6. The third-order valence-electron chi connectivity index (χ3n) is 4.73. The van der Waals surface area contributed by atoms with Gasteiger partial charge in [0.1, 0.15) is 0 Å². The Morgan fingerprint density at radius 2 is 2.18 bits per heavy atom. The van der Waals surface area contributed by atoms with Crippen molar-refractivity contribution in [3.05, 3.63) is 34.4 Å². The molecule has 0 unspecified atom stereocenters. The molecule has 1 aromatic carbocycles. The van der Waals surface area contributed by atoms with E-state index < -0.39 is 6.10 Å². The molecule has 4 heteroatoms. The minimum absolute atomic E-state index is 0.286. The van der Waals surface area contributed by atoms with Crippen LogP contribution >= 0.6 is 0 Å². The molecule has 1 aliphatic carbocycles. The van der Waals surface area contributed by atoms with Crippen LogP contribution in [0.15, 0.2) is 12.1 Å². The van der Waals surface area contributed by atoms with Gasteiger partial charge in [0.25, 0.3) is 0 Å². The van der Waals surface area contributed by atoms with Crippen molar-refractivity contribution in [2.24, 2.45) is 0 Å². The summed E-state index contributed by atoms with van der Waals surface area (Å²) in [6, 6.07) is 4.32. The maximum atomic E-state index is 12.3. The quantitative estimate of drug-likeness (QED) is 0.783. The molecule has 4 nitrogen and oxygen atoms in total. The Bertz CT molecular complexity index is 548. The summed E-state index contributed by atoms with van der Waals surface area (Å²) in [7, 11) is 1.68. The summed E-state index contributed by atoms with van der Waals surface area (Å²) < 4.78 is 16.3. The third kappa shape index (κ3) is 2.77. The summed E-state index contributed by atoms with van der Waals surface area (Å²) >= 11 is 0. The van der Waals surface area contributed by atoms with Crippen LogP contribution in [-0.2, 0) is 32.0 Å². The lowest BCUT2D eigenvalue weighted by Gasteiger charge is -2.34. The molecule has 1 aromatic rings. The predicted octanol–water partition coefficient (Wildman–Crippen LogP) is 3.28. The SMILES string of the molecule is CCOC(=O)[C@H]1OCCc2c(C3CCC3)ccc(COC)c21. The smallest absolute Gasteiger partial charge is 0.339 e. The highest BCUT2D eigenvalue weighted by Crippen LogP contribution is 2.43. The van der Waals surface area contributed by atoms with Crippen molar-refractivity contribution in [3.63, 3.8) is 0 Å². The summed E-state index contributed by atoms with van der Waals surface area (Å²) in [6.45, 7) is 3.26. The van der Waals surface area contributed by atoms with Gasteiger partial charge in [-0.3, -0.25) is 0 Å². The van der Waals surface area contributed by atoms with E-state index >= 15 is 0 Å². The van der Waals surface area contributed by atoms with Gasteiger partial charge < -0.3 is 14.2 Å². The fourth-order valence-corrected chi connectivity index (χ4v) is 3.48. The van der Waals surface area contributed by atoms with Crippen molar-refractivity contribution in [2.45, 2.75) is 51.2 Å². The van der Waals surface area contributed by atoms with Crippen LogP contribution in [0.5, 0.6) is 0 Å². The molecule has 1 atom stereocenters. The van der Waals surface area contributed by atoms with Crippen molar-refractivity contribution >= 4 is 5.97 Å². The first-order chi connectivity index (χ1) is 10.8. The summed E-state index contributed by atoms with van der Waals surface area (Å²) in [6.07, 6.45) is 4.07. The Morgan fingerprint density at radius 3 is 2.82 bits per heavy atom. The number of rotatable bonds is 5. The summed E-state index contributed by atoms with van der Waals surface area (Å²) in [4.78, 5) is 12.3. The number of esters is 1. The lowest BCUT2D eigenvalue weighted by Crippen LogP contribution is -2.28. The number of carbonyl (C=O) groups is 1. The zero-order chi connectivity index (χ0) is 15.5. The largest absolute Gasteiger partial charge is 0.464 e. The highest BCUT2D eigenvalue weighted by Gasteiger charge is 2.34. The molecule has 3 rings (SSSR count). The molecule has 120 valence electrons.